The molecule has 34 heavy (non-hydrogen) atoms. The first-order chi connectivity index (χ1) is 16.2. The Hall–Kier alpha value is -3.65. The highest BCUT2D eigenvalue weighted by Gasteiger charge is 2.15. The van der Waals surface area contributed by atoms with E-state index in [1.807, 2.05) is 49.4 Å². The number of sulfone groups is 1. The number of anilines is 1. The first-order valence-corrected chi connectivity index (χ1v) is 12.7. The second-order valence-electron chi connectivity index (χ2n) is 8.13. The third kappa shape index (κ3) is 4.82. The molecular weight excluding hydrogens is 450 g/mol. The normalized spacial score (nSPS) is 12.4. The van der Waals surface area contributed by atoms with Crippen molar-refractivity contribution in [2.75, 3.05) is 25.8 Å². The highest BCUT2D eigenvalue weighted by Crippen LogP contribution is 2.35. The molecule has 176 valence electrons. The molecule has 0 spiro atoms. The number of ether oxygens (including phenoxy) is 2. The number of aryl methyl sites for hydroxylation is 1. The Morgan fingerprint density at radius 3 is 2.21 bits per heavy atom. The Bertz CT molecular complexity index is 1450. The minimum atomic E-state index is -3.23. The van der Waals surface area contributed by atoms with E-state index in [4.69, 9.17) is 9.47 Å². The average molecular weight is 478 g/mol. The summed E-state index contributed by atoms with van der Waals surface area (Å²) in [6.45, 7) is 3.92. The number of hydrogen-bond donors (Lipinski definition) is 1. The summed E-state index contributed by atoms with van der Waals surface area (Å²) in [4.78, 5) is 9.49. The molecule has 1 N–H and O–H groups in total. The number of aromatic nitrogens is 2. The minimum Gasteiger partial charge on any atom is -0.493 e. The summed E-state index contributed by atoms with van der Waals surface area (Å²) in [6.07, 6.45) is 1.21. The van der Waals surface area contributed by atoms with Gasteiger partial charge in [-0.25, -0.2) is 18.4 Å². The molecule has 1 aromatic heterocycles. The van der Waals surface area contributed by atoms with Gasteiger partial charge in [0.05, 0.1) is 24.6 Å². The van der Waals surface area contributed by atoms with Crippen molar-refractivity contribution in [2.45, 2.75) is 24.8 Å². The summed E-state index contributed by atoms with van der Waals surface area (Å²) in [6, 6.07) is 18.7. The lowest BCUT2D eigenvalue weighted by Crippen LogP contribution is -2.10. The third-order valence-corrected chi connectivity index (χ3v) is 6.80. The van der Waals surface area contributed by atoms with E-state index < -0.39 is 9.84 Å². The van der Waals surface area contributed by atoms with Gasteiger partial charge in [-0.15, -0.1) is 0 Å². The predicted octanol–water partition coefficient (Wildman–Crippen LogP) is 5.20. The summed E-state index contributed by atoms with van der Waals surface area (Å²) in [5.41, 5.74) is 3.78. The second-order valence-corrected chi connectivity index (χ2v) is 10.1. The van der Waals surface area contributed by atoms with Crippen LogP contribution in [0.2, 0.25) is 0 Å². The van der Waals surface area contributed by atoms with Gasteiger partial charge in [-0.1, -0.05) is 30.3 Å². The van der Waals surface area contributed by atoms with Crippen LogP contribution in [-0.2, 0) is 9.84 Å². The van der Waals surface area contributed by atoms with Crippen molar-refractivity contribution in [1.82, 2.24) is 9.97 Å². The SMILES string of the molecule is COc1cc2nc(C)nc(NC(C)c3cccc(-c4ccc(S(C)(=O)=O)cc4)c3)c2cc1OC. The van der Waals surface area contributed by atoms with Gasteiger partial charge in [0, 0.05) is 23.8 Å². The molecule has 8 heteroatoms. The number of rotatable bonds is 7. The van der Waals surface area contributed by atoms with Crippen molar-refractivity contribution in [3.63, 3.8) is 0 Å². The van der Waals surface area contributed by atoms with Gasteiger partial charge in [0.2, 0.25) is 0 Å². The fraction of sp³-hybridized carbons (Fsp3) is 0.231. The number of benzene rings is 3. The highest BCUT2D eigenvalue weighted by atomic mass is 32.2. The lowest BCUT2D eigenvalue weighted by molar-refractivity contribution is 0.356. The molecule has 4 aromatic rings. The lowest BCUT2D eigenvalue weighted by Gasteiger charge is -2.18. The largest absolute Gasteiger partial charge is 0.493 e. The summed E-state index contributed by atoms with van der Waals surface area (Å²) in [5, 5.41) is 4.35. The molecular formula is C26H27N3O4S. The van der Waals surface area contributed by atoms with Crippen molar-refractivity contribution >= 4 is 26.6 Å². The van der Waals surface area contributed by atoms with Gasteiger partial charge < -0.3 is 14.8 Å². The maximum absolute atomic E-state index is 11.8. The molecule has 0 bridgehead atoms. The van der Waals surface area contributed by atoms with Gasteiger partial charge in [0.15, 0.2) is 21.3 Å². The summed E-state index contributed by atoms with van der Waals surface area (Å²) in [5.74, 6) is 2.58. The van der Waals surface area contributed by atoms with Gasteiger partial charge in [0.1, 0.15) is 11.6 Å². The summed E-state index contributed by atoms with van der Waals surface area (Å²) >= 11 is 0. The predicted molar refractivity (Wildman–Crippen MR) is 134 cm³/mol. The van der Waals surface area contributed by atoms with Crippen LogP contribution < -0.4 is 14.8 Å². The zero-order valence-corrected chi connectivity index (χ0v) is 20.6. The van der Waals surface area contributed by atoms with Gasteiger partial charge in [-0.05, 0) is 54.8 Å². The molecule has 4 rings (SSSR count). The molecule has 1 unspecified atom stereocenters. The average Bonchev–Trinajstić information content (AvgIpc) is 2.82. The molecule has 7 nitrogen and oxygen atoms in total. The molecule has 3 aromatic carbocycles. The Morgan fingerprint density at radius 2 is 1.56 bits per heavy atom. The summed E-state index contributed by atoms with van der Waals surface area (Å²) < 4.78 is 34.4. The first-order valence-electron chi connectivity index (χ1n) is 10.8. The van der Waals surface area contributed by atoms with Crippen molar-refractivity contribution < 1.29 is 17.9 Å². The van der Waals surface area contributed by atoms with Gasteiger partial charge in [-0.3, -0.25) is 0 Å². The standard InChI is InChI=1S/C26H27N3O4S/c1-16(19-7-6-8-20(13-19)18-9-11-21(12-10-18)34(5,30)31)27-26-22-14-24(32-3)25(33-4)15-23(22)28-17(2)29-26/h6-16H,1-5H3,(H,27,28,29). The van der Waals surface area contributed by atoms with E-state index >= 15 is 0 Å². The molecule has 0 saturated heterocycles. The van der Waals surface area contributed by atoms with Crippen LogP contribution in [0.15, 0.2) is 65.6 Å². The van der Waals surface area contributed by atoms with Crippen molar-refractivity contribution in [3.8, 4) is 22.6 Å². The lowest BCUT2D eigenvalue weighted by atomic mass is 10.00. The summed E-state index contributed by atoms with van der Waals surface area (Å²) in [7, 11) is -0.0304. The number of fused-ring (bicyclic) bond motifs is 1. The van der Waals surface area contributed by atoms with E-state index in [0.717, 1.165) is 27.6 Å². The maximum Gasteiger partial charge on any atom is 0.175 e. The number of hydrogen-bond acceptors (Lipinski definition) is 7. The maximum atomic E-state index is 11.8. The van der Waals surface area contributed by atoms with Crippen LogP contribution in [0.3, 0.4) is 0 Å². The van der Waals surface area contributed by atoms with Crippen molar-refractivity contribution in [1.29, 1.82) is 0 Å². The molecule has 1 atom stereocenters. The van der Waals surface area contributed by atoms with E-state index in [2.05, 4.69) is 28.3 Å². The monoisotopic (exact) mass is 477 g/mol. The smallest absolute Gasteiger partial charge is 0.175 e. The molecule has 0 fully saturated rings. The molecule has 1 heterocycles. The molecule has 0 aliphatic carbocycles. The van der Waals surface area contributed by atoms with E-state index in [1.54, 1.807) is 26.4 Å². The zero-order valence-electron chi connectivity index (χ0n) is 19.8. The van der Waals surface area contributed by atoms with E-state index in [0.29, 0.717) is 28.0 Å². The zero-order chi connectivity index (χ0) is 24.5. The molecule has 0 saturated carbocycles. The Labute approximate surface area is 199 Å². The first kappa shape index (κ1) is 23.5. The van der Waals surface area contributed by atoms with Crippen LogP contribution in [0.1, 0.15) is 24.4 Å². The van der Waals surface area contributed by atoms with Crippen LogP contribution >= 0.6 is 0 Å². The Morgan fingerprint density at radius 1 is 0.882 bits per heavy atom. The van der Waals surface area contributed by atoms with Gasteiger partial charge >= 0.3 is 0 Å². The van der Waals surface area contributed by atoms with Gasteiger partial charge in [-0.2, -0.15) is 0 Å². The third-order valence-electron chi connectivity index (χ3n) is 5.67. The van der Waals surface area contributed by atoms with Crippen molar-refractivity contribution in [2.24, 2.45) is 0 Å². The number of methoxy groups -OCH3 is 2. The van der Waals surface area contributed by atoms with Gasteiger partial charge in [0.25, 0.3) is 0 Å². The molecule has 0 aliphatic heterocycles. The number of nitrogens with one attached hydrogen (secondary N) is 1. The molecule has 0 aliphatic rings. The molecule has 0 radical (unpaired) electrons. The fourth-order valence-electron chi connectivity index (χ4n) is 3.85. The van der Waals surface area contributed by atoms with Crippen LogP contribution in [0.5, 0.6) is 11.5 Å². The Balaban J connectivity index is 1.66. The fourth-order valence-corrected chi connectivity index (χ4v) is 4.48. The van der Waals surface area contributed by atoms with Crippen LogP contribution in [0.4, 0.5) is 5.82 Å². The minimum absolute atomic E-state index is 0.0548. The van der Waals surface area contributed by atoms with Crippen LogP contribution in [-0.4, -0.2) is 38.9 Å². The quantitative estimate of drug-likeness (QED) is 0.391. The highest BCUT2D eigenvalue weighted by molar-refractivity contribution is 7.90. The van der Waals surface area contributed by atoms with E-state index in [1.165, 1.54) is 6.26 Å². The Kier molecular flexibility index (Phi) is 6.43. The second kappa shape index (κ2) is 9.30. The number of nitrogens with zero attached hydrogens (tertiary/aromatic N) is 2. The molecule has 0 amide bonds. The van der Waals surface area contributed by atoms with Crippen LogP contribution in [0, 0.1) is 6.92 Å². The topological polar surface area (TPSA) is 90.4 Å². The van der Waals surface area contributed by atoms with E-state index in [-0.39, 0.29) is 6.04 Å². The van der Waals surface area contributed by atoms with E-state index in [9.17, 15) is 8.42 Å². The van der Waals surface area contributed by atoms with Crippen molar-refractivity contribution in [3.05, 3.63) is 72.1 Å². The van der Waals surface area contributed by atoms with Crippen LogP contribution in [0.25, 0.3) is 22.0 Å².